The van der Waals surface area contributed by atoms with Gasteiger partial charge in [0.2, 0.25) is 12.8 Å². The van der Waals surface area contributed by atoms with E-state index in [2.05, 4.69) is 5.32 Å². The van der Waals surface area contributed by atoms with Crippen LogP contribution in [0.2, 0.25) is 0 Å². The number of nitrogens with one attached hydrogen (secondary N) is 1. The van der Waals surface area contributed by atoms with Crippen LogP contribution in [0.25, 0.3) is 16.8 Å². The van der Waals surface area contributed by atoms with Gasteiger partial charge in [0, 0.05) is 29.9 Å². The molecule has 144 valence electrons. The molecule has 28 heavy (non-hydrogen) atoms. The molecule has 0 radical (unpaired) electrons. The SMILES string of the molecule is CCC(=O)Nc1cc(=O)n(-c2ccc(OCF)cc2)cc1-c1ccc(F)cc1. The zero-order valence-electron chi connectivity index (χ0n) is 15.1. The number of rotatable bonds is 6. The number of ether oxygens (including phenoxy) is 1. The van der Waals surface area contributed by atoms with Gasteiger partial charge in [0.05, 0.1) is 5.69 Å². The lowest BCUT2D eigenvalue weighted by molar-refractivity contribution is -0.115. The summed E-state index contributed by atoms with van der Waals surface area (Å²) in [5.41, 5.74) is 1.71. The monoisotopic (exact) mass is 384 g/mol. The van der Waals surface area contributed by atoms with Gasteiger partial charge in [-0.1, -0.05) is 19.1 Å². The molecular formula is C21H18F2N2O3. The van der Waals surface area contributed by atoms with Crippen LogP contribution in [-0.2, 0) is 4.79 Å². The zero-order valence-corrected chi connectivity index (χ0v) is 15.1. The normalized spacial score (nSPS) is 10.5. The molecule has 1 aromatic heterocycles. The summed E-state index contributed by atoms with van der Waals surface area (Å²) in [6.07, 6.45) is 1.83. The molecule has 0 aliphatic rings. The van der Waals surface area contributed by atoms with E-state index in [9.17, 15) is 18.4 Å². The molecule has 3 aromatic rings. The second-order valence-electron chi connectivity index (χ2n) is 5.96. The number of halogens is 2. The first kappa shape index (κ1) is 19.3. The maximum atomic E-state index is 13.3. The molecule has 1 N–H and O–H groups in total. The van der Waals surface area contributed by atoms with Gasteiger partial charge in [-0.3, -0.25) is 14.2 Å². The van der Waals surface area contributed by atoms with Gasteiger partial charge in [-0.25, -0.2) is 8.78 Å². The van der Waals surface area contributed by atoms with Gasteiger partial charge in [0.25, 0.3) is 5.56 Å². The summed E-state index contributed by atoms with van der Waals surface area (Å²) < 4.78 is 31.7. The molecule has 2 aromatic carbocycles. The first-order valence-electron chi connectivity index (χ1n) is 8.63. The van der Waals surface area contributed by atoms with Crippen LogP contribution in [0.1, 0.15) is 13.3 Å². The van der Waals surface area contributed by atoms with Crippen LogP contribution in [0.3, 0.4) is 0 Å². The molecule has 5 nitrogen and oxygen atoms in total. The molecule has 0 spiro atoms. The summed E-state index contributed by atoms with van der Waals surface area (Å²) in [6.45, 7) is 0.759. The zero-order chi connectivity index (χ0) is 20.1. The predicted octanol–water partition coefficient (Wildman–Crippen LogP) is 4.30. The second kappa shape index (κ2) is 8.47. The Labute approximate surface area is 160 Å². The minimum absolute atomic E-state index is 0.242. The Morgan fingerprint density at radius 1 is 1.11 bits per heavy atom. The molecule has 1 heterocycles. The lowest BCUT2D eigenvalue weighted by Crippen LogP contribution is -2.20. The molecule has 0 unspecified atom stereocenters. The predicted molar refractivity (Wildman–Crippen MR) is 103 cm³/mol. The lowest BCUT2D eigenvalue weighted by Gasteiger charge is -2.15. The Bertz CT molecular complexity index is 1030. The van der Waals surface area contributed by atoms with Crippen molar-refractivity contribution in [2.45, 2.75) is 13.3 Å². The quantitative estimate of drug-likeness (QED) is 0.689. The number of pyridine rings is 1. The highest BCUT2D eigenvalue weighted by Gasteiger charge is 2.13. The Morgan fingerprint density at radius 3 is 2.39 bits per heavy atom. The molecule has 0 atom stereocenters. The van der Waals surface area contributed by atoms with Crippen molar-refractivity contribution in [2.75, 3.05) is 12.2 Å². The van der Waals surface area contributed by atoms with Crippen molar-refractivity contribution in [3.05, 3.63) is 77.0 Å². The maximum absolute atomic E-state index is 13.3. The number of nitrogens with zero attached hydrogens (tertiary/aromatic N) is 1. The number of hydrogen-bond donors (Lipinski definition) is 1. The summed E-state index contributed by atoms with van der Waals surface area (Å²) in [6, 6.07) is 13.4. The molecule has 0 saturated heterocycles. The summed E-state index contributed by atoms with van der Waals surface area (Å²) >= 11 is 0. The number of carbonyl (C=O) groups excluding carboxylic acids is 1. The third kappa shape index (κ3) is 4.25. The molecule has 0 fully saturated rings. The lowest BCUT2D eigenvalue weighted by atomic mass is 10.1. The third-order valence-electron chi connectivity index (χ3n) is 4.14. The van der Waals surface area contributed by atoms with E-state index in [0.717, 1.165) is 0 Å². The van der Waals surface area contributed by atoms with Crippen molar-refractivity contribution in [1.29, 1.82) is 0 Å². The first-order valence-corrected chi connectivity index (χ1v) is 8.63. The Hall–Kier alpha value is -3.48. The average molecular weight is 384 g/mol. The highest BCUT2D eigenvalue weighted by atomic mass is 19.1. The number of benzene rings is 2. The van der Waals surface area contributed by atoms with Crippen molar-refractivity contribution >= 4 is 11.6 Å². The topological polar surface area (TPSA) is 60.3 Å². The van der Waals surface area contributed by atoms with Crippen LogP contribution in [0.4, 0.5) is 14.5 Å². The standard InChI is InChI=1S/C21H18F2N2O3/c1-2-20(26)24-19-11-21(27)25(16-7-9-17(10-8-16)28-13-22)12-18(19)14-3-5-15(23)6-4-14/h3-12H,2,13H2,1H3,(H,24,26). The summed E-state index contributed by atoms with van der Waals surface area (Å²) in [5.74, 6) is -0.294. The Morgan fingerprint density at radius 2 is 1.79 bits per heavy atom. The van der Waals surface area contributed by atoms with E-state index in [4.69, 9.17) is 4.74 Å². The van der Waals surface area contributed by atoms with Crippen molar-refractivity contribution in [3.63, 3.8) is 0 Å². The molecular weight excluding hydrogens is 366 g/mol. The summed E-state index contributed by atoms with van der Waals surface area (Å²) in [5, 5.41) is 2.71. The van der Waals surface area contributed by atoms with Gasteiger partial charge in [-0.05, 0) is 42.0 Å². The minimum Gasteiger partial charge on any atom is -0.463 e. The van der Waals surface area contributed by atoms with Gasteiger partial charge in [0.1, 0.15) is 11.6 Å². The van der Waals surface area contributed by atoms with Crippen LogP contribution in [0.5, 0.6) is 5.75 Å². The molecule has 0 aliphatic heterocycles. The van der Waals surface area contributed by atoms with Crippen LogP contribution >= 0.6 is 0 Å². The molecule has 1 amide bonds. The Kier molecular flexibility index (Phi) is 5.84. The highest BCUT2D eigenvalue weighted by molar-refractivity contribution is 5.95. The van der Waals surface area contributed by atoms with Crippen LogP contribution in [0.15, 0.2) is 65.6 Å². The van der Waals surface area contributed by atoms with Crippen LogP contribution in [0, 0.1) is 5.82 Å². The van der Waals surface area contributed by atoms with Crippen LogP contribution < -0.4 is 15.6 Å². The maximum Gasteiger partial charge on any atom is 0.257 e. The fourth-order valence-corrected chi connectivity index (χ4v) is 2.70. The molecule has 0 aliphatic carbocycles. The average Bonchev–Trinajstić information content (AvgIpc) is 2.70. The summed E-state index contributed by atoms with van der Waals surface area (Å²) in [7, 11) is 0. The second-order valence-corrected chi connectivity index (χ2v) is 5.96. The van der Waals surface area contributed by atoms with Gasteiger partial charge < -0.3 is 10.1 Å². The number of hydrogen-bond acceptors (Lipinski definition) is 3. The molecule has 3 rings (SSSR count). The first-order chi connectivity index (χ1) is 13.5. The summed E-state index contributed by atoms with van der Waals surface area (Å²) in [4.78, 5) is 24.5. The minimum atomic E-state index is -0.945. The fourth-order valence-electron chi connectivity index (χ4n) is 2.70. The number of amides is 1. The smallest absolute Gasteiger partial charge is 0.257 e. The molecule has 0 saturated carbocycles. The van der Waals surface area contributed by atoms with Gasteiger partial charge in [-0.15, -0.1) is 0 Å². The number of carbonyl (C=O) groups is 1. The van der Waals surface area contributed by atoms with E-state index in [1.54, 1.807) is 49.5 Å². The van der Waals surface area contributed by atoms with Crippen LogP contribution in [-0.4, -0.2) is 17.3 Å². The highest BCUT2D eigenvalue weighted by Crippen LogP contribution is 2.28. The number of aromatic nitrogens is 1. The third-order valence-corrected chi connectivity index (χ3v) is 4.14. The number of alkyl halides is 1. The molecule has 0 bridgehead atoms. The van der Waals surface area contributed by atoms with Crippen molar-refractivity contribution < 1.29 is 18.3 Å². The van der Waals surface area contributed by atoms with Crippen molar-refractivity contribution in [2.24, 2.45) is 0 Å². The fraction of sp³-hybridized carbons (Fsp3) is 0.143. The van der Waals surface area contributed by atoms with E-state index < -0.39 is 6.86 Å². The number of anilines is 1. The van der Waals surface area contributed by atoms with E-state index >= 15 is 0 Å². The largest absolute Gasteiger partial charge is 0.463 e. The van der Waals surface area contributed by atoms with Gasteiger partial charge in [0.15, 0.2) is 0 Å². The van der Waals surface area contributed by atoms with Gasteiger partial charge in [-0.2, -0.15) is 0 Å². The van der Waals surface area contributed by atoms with Crippen molar-refractivity contribution in [3.8, 4) is 22.6 Å². The van der Waals surface area contributed by atoms with Gasteiger partial charge >= 0.3 is 0 Å². The Balaban J connectivity index is 2.11. The van der Waals surface area contributed by atoms with E-state index in [-0.39, 0.29) is 23.7 Å². The van der Waals surface area contributed by atoms with E-state index in [1.807, 2.05) is 0 Å². The molecule has 7 heteroatoms. The van der Waals surface area contributed by atoms with E-state index in [1.165, 1.54) is 22.8 Å². The van der Waals surface area contributed by atoms with E-state index in [0.29, 0.717) is 28.3 Å². The van der Waals surface area contributed by atoms with Crippen molar-refractivity contribution in [1.82, 2.24) is 4.57 Å².